The molecule has 0 saturated carbocycles. The van der Waals surface area contributed by atoms with Gasteiger partial charge in [-0.25, -0.2) is 0 Å². The van der Waals surface area contributed by atoms with E-state index in [1.165, 1.54) is 12.1 Å². The van der Waals surface area contributed by atoms with E-state index in [9.17, 15) is 13.2 Å². The molecule has 1 atom stereocenters. The van der Waals surface area contributed by atoms with Gasteiger partial charge in [0.05, 0.1) is 0 Å². The largest absolute Gasteiger partial charge is 0.573 e. The Bertz CT molecular complexity index is 365. The molecule has 0 saturated heterocycles. The van der Waals surface area contributed by atoms with Gasteiger partial charge in [-0.1, -0.05) is 32.4 Å². The van der Waals surface area contributed by atoms with Crippen LogP contribution in [0.5, 0.6) is 5.75 Å². The predicted octanol–water partition coefficient (Wildman–Crippen LogP) is 3.72. The first-order valence-corrected chi connectivity index (χ1v) is 5.96. The molecule has 5 heteroatoms. The second-order valence-electron chi connectivity index (χ2n) is 4.34. The SMILES string of the molecule is CCC(C)CNCc1cccc(OC(F)(F)F)c1. The second-order valence-corrected chi connectivity index (χ2v) is 4.34. The average Bonchev–Trinajstić information content (AvgIpc) is 2.27. The lowest BCUT2D eigenvalue weighted by Gasteiger charge is -2.12. The van der Waals surface area contributed by atoms with Crippen molar-refractivity contribution >= 4 is 0 Å². The summed E-state index contributed by atoms with van der Waals surface area (Å²) in [6, 6.07) is 6.02. The molecule has 0 heterocycles. The maximum absolute atomic E-state index is 12.0. The zero-order valence-corrected chi connectivity index (χ0v) is 10.6. The summed E-state index contributed by atoms with van der Waals surface area (Å²) in [5, 5.41) is 3.21. The number of rotatable bonds is 6. The lowest BCUT2D eigenvalue weighted by molar-refractivity contribution is -0.274. The van der Waals surface area contributed by atoms with Crippen LogP contribution in [0.1, 0.15) is 25.8 Å². The highest BCUT2D eigenvalue weighted by molar-refractivity contribution is 5.28. The molecule has 0 aliphatic carbocycles. The van der Waals surface area contributed by atoms with E-state index in [1.807, 2.05) is 0 Å². The van der Waals surface area contributed by atoms with Gasteiger partial charge in [-0.15, -0.1) is 13.2 Å². The van der Waals surface area contributed by atoms with Gasteiger partial charge in [0.15, 0.2) is 0 Å². The minimum atomic E-state index is -4.64. The van der Waals surface area contributed by atoms with Crippen molar-refractivity contribution in [1.82, 2.24) is 5.32 Å². The summed E-state index contributed by atoms with van der Waals surface area (Å²) in [5.41, 5.74) is 0.778. The quantitative estimate of drug-likeness (QED) is 0.842. The molecule has 0 aliphatic rings. The fourth-order valence-electron chi connectivity index (χ4n) is 1.46. The highest BCUT2D eigenvalue weighted by atomic mass is 19.4. The minimum absolute atomic E-state index is 0.176. The van der Waals surface area contributed by atoms with Crippen LogP contribution in [0.15, 0.2) is 24.3 Å². The van der Waals surface area contributed by atoms with Gasteiger partial charge >= 0.3 is 6.36 Å². The number of benzene rings is 1. The van der Waals surface area contributed by atoms with Gasteiger partial charge in [0, 0.05) is 6.54 Å². The molecule has 0 amide bonds. The van der Waals surface area contributed by atoms with E-state index in [0.29, 0.717) is 12.5 Å². The van der Waals surface area contributed by atoms with Gasteiger partial charge in [0.1, 0.15) is 5.75 Å². The van der Waals surface area contributed by atoms with E-state index in [0.717, 1.165) is 18.5 Å². The molecule has 102 valence electrons. The Morgan fingerprint density at radius 1 is 1.33 bits per heavy atom. The third-order valence-corrected chi connectivity index (χ3v) is 2.65. The van der Waals surface area contributed by atoms with E-state index < -0.39 is 6.36 Å². The first-order chi connectivity index (χ1) is 8.40. The van der Waals surface area contributed by atoms with Gasteiger partial charge in [0.25, 0.3) is 0 Å². The first kappa shape index (κ1) is 14.8. The predicted molar refractivity (Wildman–Crippen MR) is 64.3 cm³/mol. The number of alkyl halides is 3. The topological polar surface area (TPSA) is 21.3 Å². The highest BCUT2D eigenvalue weighted by Gasteiger charge is 2.31. The maximum atomic E-state index is 12.0. The van der Waals surface area contributed by atoms with Gasteiger partial charge in [-0.2, -0.15) is 0 Å². The Morgan fingerprint density at radius 3 is 2.67 bits per heavy atom. The van der Waals surface area contributed by atoms with Crippen LogP contribution in [0.2, 0.25) is 0 Å². The molecule has 1 unspecified atom stereocenters. The molecule has 1 rings (SSSR count). The molecule has 0 aromatic heterocycles. The molecular weight excluding hydrogens is 243 g/mol. The van der Waals surface area contributed by atoms with Crippen molar-refractivity contribution in [3.63, 3.8) is 0 Å². The van der Waals surface area contributed by atoms with E-state index in [4.69, 9.17) is 0 Å². The van der Waals surface area contributed by atoms with Gasteiger partial charge in [-0.3, -0.25) is 0 Å². The normalized spacial score (nSPS) is 13.4. The monoisotopic (exact) mass is 261 g/mol. The van der Waals surface area contributed by atoms with Crippen LogP contribution in [0.3, 0.4) is 0 Å². The van der Waals surface area contributed by atoms with Gasteiger partial charge in [0.2, 0.25) is 0 Å². The molecule has 0 aliphatic heterocycles. The van der Waals surface area contributed by atoms with E-state index in [1.54, 1.807) is 12.1 Å². The molecule has 0 spiro atoms. The maximum Gasteiger partial charge on any atom is 0.573 e. The Balaban J connectivity index is 2.49. The standard InChI is InChI=1S/C13H18F3NO/c1-3-10(2)8-17-9-11-5-4-6-12(7-11)18-13(14,15)16/h4-7,10,17H,3,8-9H2,1-2H3. The summed E-state index contributed by atoms with van der Waals surface area (Å²) in [5.74, 6) is 0.380. The Morgan fingerprint density at radius 2 is 2.06 bits per heavy atom. The van der Waals surface area contributed by atoms with E-state index in [-0.39, 0.29) is 5.75 Å². The zero-order chi connectivity index (χ0) is 13.6. The van der Waals surface area contributed by atoms with Crippen LogP contribution in [0, 0.1) is 5.92 Å². The molecule has 2 nitrogen and oxygen atoms in total. The fourth-order valence-corrected chi connectivity index (χ4v) is 1.46. The average molecular weight is 261 g/mol. The Kier molecular flexibility index (Phi) is 5.47. The van der Waals surface area contributed by atoms with Gasteiger partial charge in [-0.05, 0) is 30.2 Å². The van der Waals surface area contributed by atoms with E-state index >= 15 is 0 Å². The van der Waals surface area contributed by atoms with Crippen molar-refractivity contribution in [3.8, 4) is 5.75 Å². The summed E-state index contributed by atoms with van der Waals surface area (Å²) in [7, 11) is 0. The fraction of sp³-hybridized carbons (Fsp3) is 0.538. The molecule has 0 radical (unpaired) electrons. The first-order valence-electron chi connectivity index (χ1n) is 5.96. The summed E-state index contributed by atoms with van der Waals surface area (Å²) in [6.07, 6.45) is -3.56. The molecule has 18 heavy (non-hydrogen) atoms. The van der Waals surface area contributed by atoms with Crippen LogP contribution in [-0.4, -0.2) is 12.9 Å². The third-order valence-electron chi connectivity index (χ3n) is 2.65. The number of ether oxygens (including phenoxy) is 1. The minimum Gasteiger partial charge on any atom is -0.406 e. The lowest BCUT2D eigenvalue weighted by Crippen LogP contribution is -2.20. The van der Waals surface area contributed by atoms with Crippen LogP contribution in [0.4, 0.5) is 13.2 Å². The summed E-state index contributed by atoms with van der Waals surface area (Å²) in [4.78, 5) is 0. The number of hydrogen-bond acceptors (Lipinski definition) is 2. The van der Waals surface area contributed by atoms with Gasteiger partial charge < -0.3 is 10.1 Å². The number of hydrogen-bond donors (Lipinski definition) is 1. The van der Waals surface area contributed by atoms with Crippen molar-refractivity contribution < 1.29 is 17.9 Å². The molecule has 1 aromatic rings. The lowest BCUT2D eigenvalue weighted by atomic mass is 10.1. The molecule has 0 bridgehead atoms. The van der Waals surface area contributed by atoms with Crippen molar-refractivity contribution in [3.05, 3.63) is 29.8 Å². The van der Waals surface area contributed by atoms with Crippen molar-refractivity contribution in [1.29, 1.82) is 0 Å². The smallest absolute Gasteiger partial charge is 0.406 e. The molecule has 0 fully saturated rings. The second kappa shape index (κ2) is 6.64. The van der Waals surface area contributed by atoms with Crippen LogP contribution < -0.4 is 10.1 Å². The number of halogens is 3. The Hall–Kier alpha value is -1.23. The van der Waals surface area contributed by atoms with Crippen molar-refractivity contribution in [2.45, 2.75) is 33.2 Å². The summed E-state index contributed by atoms with van der Waals surface area (Å²) >= 11 is 0. The summed E-state index contributed by atoms with van der Waals surface area (Å²) in [6.45, 7) is 5.61. The molecule has 1 N–H and O–H groups in total. The van der Waals surface area contributed by atoms with E-state index in [2.05, 4.69) is 23.9 Å². The highest BCUT2D eigenvalue weighted by Crippen LogP contribution is 2.23. The van der Waals surface area contributed by atoms with Crippen LogP contribution in [-0.2, 0) is 6.54 Å². The number of nitrogens with one attached hydrogen (secondary N) is 1. The van der Waals surface area contributed by atoms with Crippen LogP contribution >= 0.6 is 0 Å². The molecule has 1 aromatic carbocycles. The molecular formula is C13H18F3NO. The van der Waals surface area contributed by atoms with Crippen molar-refractivity contribution in [2.75, 3.05) is 6.54 Å². The zero-order valence-electron chi connectivity index (χ0n) is 10.6. The Labute approximate surface area is 105 Å². The summed E-state index contributed by atoms with van der Waals surface area (Å²) < 4.78 is 40.0. The van der Waals surface area contributed by atoms with Crippen molar-refractivity contribution in [2.24, 2.45) is 5.92 Å². The third kappa shape index (κ3) is 5.91. The van der Waals surface area contributed by atoms with Crippen LogP contribution in [0.25, 0.3) is 0 Å².